The van der Waals surface area contributed by atoms with Gasteiger partial charge in [-0.25, -0.2) is 4.79 Å². The number of carbonyl (C=O) groups excluding carboxylic acids is 1. The first-order chi connectivity index (χ1) is 16.1. The molecule has 5 nitrogen and oxygen atoms in total. The summed E-state index contributed by atoms with van der Waals surface area (Å²) in [6, 6.07) is 18.3. The smallest absolute Gasteiger partial charge is 0.321 e. The van der Waals surface area contributed by atoms with E-state index in [4.69, 9.17) is 0 Å². The van der Waals surface area contributed by atoms with Gasteiger partial charge in [-0.15, -0.1) is 0 Å². The molecule has 2 aliphatic heterocycles. The highest BCUT2D eigenvalue weighted by molar-refractivity contribution is 5.89. The minimum atomic E-state index is -0.0509. The zero-order chi connectivity index (χ0) is 23.2. The highest BCUT2D eigenvalue weighted by Crippen LogP contribution is 2.42. The molecule has 0 aromatic heterocycles. The molecule has 0 bridgehead atoms. The zero-order valence-corrected chi connectivity index (χ0v) is 19.7. The van der Waals surface area contributed by atoms with Crippen molar-refractivity contribution in [2.45, 2.75) is 51.1 Å². The molecule has 0 unspecified atom stereocenters. The predicted molar refractivity (Wildman–Crippen MR) is 133 cm³/mol. The number of aliphatic hydroxyl groups excluding tert-OH is 1. The number of nitrogens with one attached hydrogen (secondary N) is 1. The number of urea groups is 1. The molecule has 5 heteroatoms. The van der Waals surface area contributed by atoms with Gasteiger partial charge >= 0.3 is 6.03 Å². The van der Waals surface area contributed by atoms with E-state index in [0.29, 0.717) is 12.5 Å². The Labute approximate surface area is 197 Å². The fourth-order valence-electron chi connectivity index (χ4n) is 4.99. The van der Waals surface area contributed by atoms with Crippen molar-refractivity contribution in [2.24, 2.45) is 5.92 Å². The lowest BCUT2D eigenvalue weighted by Gasteiger charge is -2.57. The Morgan fingerprint density at radius 2 is 1.82 bits per heavy atom. The zero-order valence-electron chi connectivity index (χ0n) is 19.7. The molecule has 174 valence electrons. The van der Waals surface area contributed by atoms with Crippen LogP contribution >= 0.6 is 0 Å². The van der Waals surface area contributed by atoms with Crippen molar-refractivity contribution in [3.8, 4) is 11.8 Å². The second-order valence-electron chi connectivity index (χ2n) is 9.55. The largest absolute Gasteiger partial charge is 0.395 e. The van der Waals surface area contributed by atoms with E-state index in [-0.39, 0.29) is 30.6 Å². The van der Waals surface area contributed by atoms with E-state index in [1.165, 1.54) is 5.56 Å². The number of fused-ring (bicyclic) bond motifs is 1. The second-order valence-corrected chi connectivity index (χ2v) is 9.55. The van der Waals surface area contributed by atoms with E-state index in [1.807, 2.05) is 35.2 Å². The van der Waals surface area contributed by atoms with Gasteiger partial charge in [0.2, 0.25) is 0 Å². The number of anilines is 1. The summed E-state index contributed by atoms with van der Waals surface area (Å²) in [4.78, 5) is 17.4. The van der Waals surface area contributed by atoms with Crippen LogP contribution in [-0.2, 0) is 0 Å². The lowest BCUT2D eigenvalue weighted by Crippen LogP contribution is -2.68. The molecule has 2 aliphatic rings. The summed E-state index contributed by atoms with van der Waals surface area (Å²) in [5, 5.41) is 13.2. The first kappa shape index (κ1) is 23.4. The average Bonchev–Trinajstić information content (AvgIpc) is 2.79. The number of nitrogens with zero attached hydrogens (tertiary/aromatic N) is 2. The van der Waals surface area contributed by atoms with E-state index < -0.39 is 0 Å². The molecule has 33 heavy (non-hydrogen) atoms. The summed E-state index contributed by atoms with van der Waals surface area (Å²) in [5.74, 6) is 7.28. The topological polar surface area (TPSA) is 55.8 Å². The maximum atomic E-state index is 13.0. The SMILES string of the molecule is CC(C)CC#Cc1ccc([C@H]2[C@H]3CN(C(=O)Nc4ccccc4)CCCCN3[C@H]2CO)cc1. The van der Waals surface area contributed by atoms with Crippen LogP contribution in [0.1, 0.15) is 50.2 Å². The number of hydrogen-bond donors (Lipinski definition) is 2. The van der Waals surface area contributed by atoms with Gasteiger partial charge in [0.15, 0.2) is 0 Å². The Morgan fingerprint density at radius 1 is 1.09 bits per heavy atom. The van der Waals surface area contributed by atoms with Crippen molar-refractivity contribution in [3.63, 3.8) is 0 Å². The van der Waals surface area contributed by atoms with Crippen molar-refractivity contribution in [1.29, 1.82) is 0 Å². The first-order valence-electron chi connectivity index (χ1n) is 12.1. The number of para-hydroxylation sites is 1. The molecule has 2 aromatic rings. The molecule has 0 aliphatic carbocycles. The predicted octanol–water partition coefficient (Wildman–Crippen LogP) is 4.54. The molecular weight excluding hydrogens is 410 g/mol. The lowest BCUT2D eigenvalue weighted by atomic mass is 9.74. The molecule has 0 radical (unpaired) electrons. The molecule has 0 saturated carbocycles. The summed E-state index contributed by atoms with van der Waals surface area (Å²) in [6.07, 6.45) is 2.89. The third kappa shape index (κ3) is 5.58. The molecule has 2 heterocycles. The monoisotopic (exact) mass is 445 g/mol. The van der Waals surface area contributed by atoms with Crippen molar-refractivity contribution >= 4 is 11.7 Å². The standard InChI is InChI=1S/C28H35N3O2/c1-21(2)9-8-10-22-13-15-23(16-14-22)27-25-19-30(17-6-7-18-31(25)26(27)20-32)28(33)29-24-11-4-3-5-12-24/h3-5,11-16,21,25-27,32H,6-7,9,17-20H2,1-2H3,(H,29,33)/t25-,26+,27+/m1/s1. The molecule has 2 aromatic carbocycles. The minimum Gasteiger partial charge on any atom is -0.395 e. The van der Waals surface area contributed by atoms with Gasteiger partial charge in [-0.05, 0) is 55.1 Å². The van der Waals surface area contributed by atoms with E-state index in [0.717, 1.165) is 43.6 Å². The van der Waals surface area contributed by atoms with Gasteiger partial charge in [-0.3, -0.25) is 4.90 Å². The Kier molecular flexibility index (Phi) is 7.69. The van der Waals surface area contributed by atoms with E-state index in [9.17, 15) is 9.90 Å². The van der Waals surface area contributed by atoms with Gasteiger partial charge < -0.3 is 15.3 Å². The number of aliphatic hydroxyl groups is 1. The van der Waals surface area contributed by atoms with Crippen LogP contribution in [0.5, 0.6) is 0 Å². The third-order valence-electron chi connectivity index (χ3n) is 6.72. The van der Waals surface area contributed by atoms with Gasteiger partial charge in [0.25, 0.3) is 0 Å². The number of carbonyl (C=O) groups is 1. The molecule has 4 rings (SSSR count). The summed E-state index contributed by atoms with van der Waals surface area (Å²) < 4.78 is 0. The van der Waals surface area contributed by atoms with Gasteiger partial charge in [0.05, 0.1) is 6.61 Å². The summed E-state index contributed by atoms with van der Waals surface area (Å²) in [5.41, 5.74) is 3.06. The maximum absolute atomic E-state index is 13.0. The van der Waals surface area contributed by atoms with E-state index >= 15 is 0 Å². The van der Waals surface area contributed by atoms with Crippen molar-refractivity contribution in [2.75, 3.05) is 31.6 Å². The Hall–Kier alpha value is -2.81. The molecule has 0 spiro atoms. The lowest BCUT2D eigenvalue weighted by molar-refractivity contribution is -0.0585. The third-order valence-corrected chi connectivity index (χ3v) is 6.72. The van der Waals surface area contributed by atoms with Gasteiger partial charge in [0, 0.05) is 48.8 Å². The maximum Gasteiger partial charge on any atom is 0.321 e. The van der Waals surface area contributed by atoms with Gasteiger partial charge in [-0.2, -0.15) is 0 Å². The molecule has 3 atom stereocenters. The van der Waals surface area contributed by atoms with Crippen LogP contribution in [0.3, 0.4) is 0 Å². The number of hydrogen-bond acceptors (Lipinski definition) is 3. The summed E-state index contributed by atoms with van der Waals surface area (Å²) in [7, 11) is 0. The first-order valence-corrected chi connectivity index (χ1v) is 12.1. The summed E-state index contributed by atoms with van der Waals surface area (Å²) in [6.45, 7) is 6.87. The molecular formula is C28H35N3O2. The van der Waals surface area contributed by atoms with Crippen LogP contribution in [0.15, 0.2) is 54.6 Å². The average molecular weight is 446 g/mol. The number of rotatable bonds is 4. The van der Waals surface area contributed by atoms with Gasteiger partial charge in [-0.1, -0.05) is 56.0 Å². The van der Waals surface area contributed by atoms with Crippen LogP contribution in [0.4, 0.5) is 10.5 Å². The Balaban J connectivity index is 1.49. The van der Waals surface area contributed by atoms with Crippen LogP contribution in [0, 0.1) is 17.8 Å². The number of benzene rings is 2. The summed E-state index contributed by atoms with van der Waals surface area (Å²) >= 11 is 0. The van der Waals surface area contributed by atoms with Crippen LogP contribution in [0.2, 0.25) is 0 Å². The van der Waals surface area contributed by atoms with E-state index in [2.05, 4.69) is 60.2 Å². The highest BCUT2D eigenvalue weighted by Gasteiger charge is 2.49. The van der Waals surface area contributed by atoms with Crippen LogP contribution < -0.4 is 5.32 Å². The highest BCUT2D eigenvalue weighted by atomic mass is 16.3. The fraction of sp³-hybridized carbons (Fsp3) is 0.464. The normalized spacial score (nSPS) is 22.9. The fourth-order valence-corrected chi connectivity index (χ4v) is 4.99. The van der Waals surface area contributed by atoms with Crippen molar-refractivity contribution < 1.29 is 9.90 Å². The van der Waals surface area contributed by atoms with Crippen molar-refractivity contribution in [3.05, 3.63) is 65.7 Å². The minimum absolute atomic E-state index is 0.0509. The van der Waals surface area contributed by atoms with Gasteiger partial charge in [0.1, 0.15) is 0 Å². The molecule has 2 fully saturated rings. The Morgan fingerprint density at radius 3 is 2.52 bits per heavy atom. The van der Waals surface area contributed by atoms with Crippen LogP contribution in [0.25, 0.3) is 0 Å². The second kappa shape index (κ2) is 10.9. The molecule has 2 saturated heterocycles. The van der Waals surface area contributed by atoms with E-state index in [1.54, 1.807) is 0 Å². The molecule has 2 amide bonds. The Bertz CT molecular complexity index is 978. The molecule has 2 N–H and O–H groups in total. The number of amides is 2. The quantitative estimate of drug-likeness (QED) is 0.680. The van der Waals surface area contributed by atoms with Crippen LogP contribution in [-0.4, -0.2) is 59.3 Å². The van der Waals surface area contributed by atoms with Crippen molar-refractivity contribution in [1.82, 2.24) is 9.80 Å².